The first-order chi connectivity index (χ1) is 11.5. The molecule has 0 aliphatic heterocycles. The highest BCUT2D eigenvalue weighted by Crippen LogP contribution is 2.25. The van der Waals surface area contributed by atoms with Gasteiger partial charge in [-0.2, -0.15) is 0 Å². The summed E-state index contributed by atoms with van der Waals surface area (Å²) in [7, 11) is 4.81. The molecule has 0 unspecified atom stereocenters. The summed E-state index contributed by atoms with van der Waals surface area (Å²) >= 11 is 0. The molecule has 4 nitrogen and oxygen atoms in total. The van der Waals surface area contributed by atoms with Gasteiger partial charge in [0.2, 0.25) is 5.91 Å². The summed E-state index contributed by atoms with van der Waals surface area (Å²) in [6.45, 7) is 0.330. The molecule has 0 bridgehead atoms. The van der Waals surface area contributed by atoms with Crippen molar-refractivity contribution in [2.24, 2.45) is 0 Å². The first-order valence-corrected chi connectivity index (χ1v) is 7.43. The molecule has 2 aromatic carbocycles. The van der Waals surface area contributed by atoms with Gasteiger partial charge in [0.25, 0.3) is 0 Å². The SMILES string of the molecule is COc1ccc(OC)c(/C=C/C(=O)N(C)Cc2cccc(F)c2)c1. The quantitative estimate of drug-likeness (QED) is 0.761. The fourth-order valence-corrected chi connectivity index (χ4v) is 2.25. The molecular weight excluding hydrogens is 309 g/mol. The van der Waals surface area contributed by atoms with Crippen molar-refractivity contribution >= 4 is 12.0 Å². The number of hydrogen-bond acceptors (Lipinski definition) is 3. The van der Waals surface area contributed by atoms with Gasteiger partial charge in [-0.1, -0.05) is 12.1 Å². The van der Waals surface area contributed by atoms with Gasteiger partial charge in [0.1, 0.15) is 17.3 Å². The third kappa shape index (κ3) is 4.59. The zero-order chi connectivity index (χ0) is 17.5. The molecule has 2 aromatic rings. The Bertz CT molecular complexity index is 743. The van der Waals surface area contributed by atoms with Crippen molar-refractivity contribution in [2.75, 3.05) is 21.3 Å². The van der Waals surface area contributed by atoms with E-state index in [1.54, 1.807) is 57.7 Å². The van der Waals surface area contributed by atoms with Crippen LogP contribution in [0.15, 0.2) is 48.5 Å². The van der Waals surface area contributed by atoms with E-state index in [0.717, 1.165) is 11.1 Å². The van der Waals surface area contributed by atoms with Gasteiger partial charge >= 0.3 is 0 Å². The van der Waals surface area contributed by atoms with Crippen molar-refractivity contribution in [3.63, 3.8) is 0 Å². The van der Waals surface area contributed by atoms with E-state index < -0.39 is 0 Å². The third-order valence-corrected chi connectivity index (χ3v) is 3.53. The van der Waals surface area contributed by atoms with Crippen LogP contribution < -0.4 is 9.47 Å². The molecule has 0 saturated heterocycles. The number of halogens is 1. The van der Waals surface area contributed by atoms with Crippen LogP contribution in [0.3, 0.4) is 0 Å². The number of nitrogens with zero attached hydrogens (tertiary/aromatic N) is 1. The predicted molar refractivity (Wildman–Crippen MR) is 91.5 cm³/mol. The molecule has 0 atom stereocenters. The molecule has 24 heavy (non-hydrogen) atoms. The monoisotopic (exact) mass is 329 g/mol. The number of carbonyl (C=O) groups excluding carboxylic acids is 1. The normalized spacial score (nSPS) is 10.7. The molecule has 0 aliphatic carbocycles. The Kier molecular flexibility index (Phi) is 5.95. The molecule has 0 aromatic heterocycles. The number of methoxy groups -OCH3 is 2. The molecule has 0 spiro atoms. The summed E-state index contributed by atoms with van der Waals surface area (Å²) in [5.41, 5.74) is 1.47. The van der Waals surface area contributed by atoms with E-state index in [0.29, 0.717) is 18.0 Å². The smallest absolute Gasteiger partial charge is 0.246 e. The van der Waals surface area contributed by atoms with Crippen LogP contribution in [0.1, 0.15) is 11.1 Å². The van der Waals surface area contributed by atoms with Crippen LogP contribution in [0.4, 0.5) is 4.39 Å². The van der Waals surface area contributed by atoms with E-state index in [4.69, 9.17) is 9.47 Å². The second-order valence-corrected chi connectivity index (χ2v) is 5.27. The van der Waals surface area contributed by atoms with Crippen LogP contribution in [0, 0.1) is 5.82 Å². The zero-order valence-electron chi connectivity index (χ0n) is 14.0. The summed E-state index contributed by atoms with van der Waals surface area (Å²) in [5.74, 6) is 0.817. The average Bonchev–Trinajstić information content (AvgIpc) is 2.59. The molecule has 1 amide bonds. The molecule has 0 saturated carbocycles. The second kappa shape index (κ2) is 8.15. The number of carbonyl (C=O) groups is 1. The minimum absolute atomic E-state index is 0.191. The van der Waals surface area contributed by atoms with Crippen molar-refractivity contribution in [3.8, 4) is 11.5 Å². The second-order valence-electron chi connectivity index (χ2n) is 5.27. The maximum Gasteiger partial charge on any atom is 0.246 e. The number of likely N-dealkylation sites (N-methyl/N-ethyl adjacent to an activating group) is 1. The Morgan fingerprint density at radius 2 is 1.96 bits per heavy atom. The van der Waals surface area contributed by atoms with E-state index in [-0.39, 0.29) is 11.7 Å². The first kappa shape index (κ1) is 17.5. The van der Waals surface area contributed by atoms with Crippen LogP contribution in [-0.4, -0.2) is 32.1 Å². The Balaban J connectivity index is 2.09. The molecule has 5 heteroatoms. The molecule has 0 radical (unpaired) electrons. The number of hydrogen-bond donors (Lipinski definition) is 0. The maximum atomic E-state index is 13.2. The summed E-state index contributed by atoms with van der Waals surface area (Å²) in [4.78, 5) is 13.7. The Morgan fingerprint density at radius 3 is 2.62 bits per heavy atom. The molecule has 0 N–H and O–H groups in total. The van der Waals surface area contributed by atoms with Gasteiger partial charge in [-0.25, -0.2) is 4.39 Å². The topological polar surface area (TPSA) is 38.8 Å². The Hall–Kier alpha value is -2.82. The van der Waals surface area contributed by atoms with Gasteiger partial charge in [-0.15, -0.1) is 0 Å². The molecule has 2 rings (SSSR count). The van der Waals surface area contributed by atoms with Crippen LogP contribution in [0.5, 0.6) is 11.5 Å². The van der Waals surface area contributed by atoms with E-state index in [9.17, 15) is 9.18 Å². The van der Waals surface area contributed by atoms with Crippen molar-refractivity contribution in [3.05, 3.63) is 65.5 Å². The lowest BCUT2D eigenvalue weighted by Crippen LogP contribution is -2.24. The van der Waals surface area contributed by atoms with E-state index in [1.807, 2.05) is 0 Å². The van der Waals surface area contributed by atoms with Gasteiger partial charge < -0.3 is 14.4 Å². The van der Waals surface area contributed by atoms with Crippen molar-refractivity contribution in [1.82, 2.24) is 4.90 Å². The van der Waals surface area contributed by atoms with Crippen molar-refractivity contribution in [1.29, 1.82) is 0 Å². The number of amides is 1. The molecular formula is C19H20FNO3. The van der Waals surface area contributed by atoms with Crippen LogP contribution >= 0.6 is 0 Å². The largest absolute Gasteiger partial charge is 0.497 e. The third-order valence-electron chi connectivity index (χ3n) is 3.53. The van der Waals surface area contributed by atoms with E-state index >= 15 is 0 Å². The summed E-state index contributed by atoms with van der Waals surface area (Å²) in [6, 6.07) is 11.5. The highest BCUT2D eigenvalue weighted by molar-refractivity contribution is 5.92. The molecule has 0 aliphatic rings. The minimum Gasteiger partial charge on any atom is -0.497 e. The fourth-order valence-electron chi connectivity index (χ4n) is 2.25. The van der Waals surface area contributed by atoms with Gasteiger partial charge in [0.15, 0.2) is 0 Å². The Morgan fingerprint density at radius 1 is 1.17 bits per heavy atom. The molecule has 0 heterocycles. The lowest BCUT2D eigenvalue weighted by Gasteiger charge is -2.15. The standard InChI is InChI=1S/C19H20FNO3/c1-21(13-14-5-4-6-16(20)11-14)19(22)10-7-15-12-17(23-2)8-9-18(15)24-3/h4-12H,13H2,1-3H3/b10-7+. The Labute approximate surface area is 141 Å². The lowest BCUT2D eigenvalue weighted by atomic mass is 10.1. The summed E-state index contributed by atoms with van der Waals surface area (Å²) in [5, 5.41) is 0. The van der Waals surface area contributed by atoms with Gasteiger partial charge in [0.05, 0.1) is 14.2 Å². The number of rotatable bonds is 6. The number of benzene rings is 2. The highest BCUT2D eigenvalue weighted by atomic mass is 19.1. The average molecular weight is 329 g/mol. The lowest BCUT2D eigenvalue weighted by molar-refractivity contribution is -0.125. The maximum absolute atomic E-state index is 13.2. The minimum atomic E-state index is -0.315. The van der Waals surface area contributed by atoms with Crippen LogP contribution in [0.2, 0.25) is 0 Å². The van der Waals surface area contributed by atoms with E-state index in [2.05, 4.69) is 0 Å². The molecule has 126 valence electrons. The van der Waals surface area contributed by atoms with Crippen molar-refractivity contribution in [2.45, 2.75) is 6.54 Å². The van der Waals surface area contributed by atoms with Gasteiger partial charge in [-0.05, 0) is 42.0 Å². The first-order valence-electron chi connectivity index (χ1n) is 7.43. The highest BCUT2D eigenvalue weighted by Gasteiger charge is 2.08. The summed E-state index contributed by atoms with van der Waals surface area (Å²) < 4.78 is 23.7. The van der Waals surface area contributed by atoms with Gasteiger partial charge in [-0.3, -0.25) is 4.79 Å². The van der Waals surface area contributed by atoms with Crippen LogP contribution in [0.25, 0.3) is 6.08 Å². The van der Waals surface area contributed by atoms with Crippen LogP contribution in [-0.2, 0) is 11.3 Å². The molecule has 0 fully saturated rings. The predicted octanol–water partition coefficient (Wildman–Crippen LogP) is 3.51. The fraction of sp³-hybridized carbons (Fsp3) is 0.211. The van der Waals surface area contributed by atoms with E-state index in [1.165, 1.54) is 23.1 Å². The number of ether oxygens (including phenoxy) is 2. The summed E-state index contributed by atoms with van der Waals surface area (Å²) in [6.07, 6.45) is 3.13. The zero-order valence-corrected chi connectivity index (χ0v) is 14.0. The van der Waals surface area contributed by atoms with Gasteiger partial charge in [0, 0.05) is 25.2 Å². The van der Waals surface area contributed by atoms with Crippen molar-refractivity contribution < 1.29 is 18.7 Å².